The largest absolute Gasteiger partial charge is 0.491 e. The SMILES string of the molecule is CC(C)Oc1ccc(C=C2N=C(c3ccccc3Cl)NC2=O)cc1. The van der Waals surface area contributed by atoms with Gasteiger partial charge in [-0.2, -0.15) is 0 Å². The summed E-state index contributed by atoms with van der Waals surface area (Å²) in [5.74, 6) is 1.02. The first kappa shape index (κ1) is 16.3. The summed E-state index contributed by atoms with van der Waals surface area (Å²) in [6, 6.07) is 14.8. The number of halogens is 1. The molecule has 3 rings (SSSR count). The molecule has 0 unspecified atom stereocenters. The lowest BCUT2D eigenvalue weighted by atomic mass is 10.2. The van der Waals surface area contributed by atoms with Crippen LogP contribution in [0.1, 0.15) is 25.0 Å². The average Bonchev–Trinajstić information content (AvgIpc) is 2.90. The molecule has 0 saturated carbocycles. The number of nitrogens with zero attached hydrogens (tertiary/aromatic N) is 1. The van der Waals surface area contributed by atoms with Crippen LogP contribution in [0.15, 0.2) is 59.2 Å². The van der Waals surface area contributed by atoms with Crippen LogP contribution in [0, 0.1) is 0 Å². The number of benzene rings is 2. The van der Waals surface area contributed by atoms with Crippen molar-refractivity contribution in [2.45, 2.75) is 20.0 Å². The van der Waals surface area contributed by atoms with E-state index < -0.39 is 0 Å². The molecule has 1 heterocycles. The molecule has 0 aromatic heterocycles. The van der Waals surface area contributed by atoms with Crippen molar-refractivity contribution in [2.75, 3.05) is 0 Å². The Morgan fingerprint density at radius 2 is 1.83 bits per heavy atom. The monoisotopic (exact) mass is 340 g/mol. The Kier molecular flexibility index (Phi) is 4.67. The van der Waals surface area contributed by atoms with E-state index in [9.17, 15) is 4.79 Å². The van der Waals surface area contributed by atoms with Gasteiger partial charge >= 0.3 is 0 Å². The topological polar surface area (TPSA) is 50.7 Å². The third-order valence-corrected chi connectivity index (χ3v) is 3.71. The van der Waals surface area contributed by atoms with E-state index in [2.05, 4.69) is 10.3 Å². The third kappa shape index (κ3) is 3.66. The van der Waals surface area contributed by atoms with Crippen molar-refractivity contribution in [2.24, 2.45) is 4.99 Å². The smallest absolute Gasteiger partial charge is 0.275 e. The first-order chi connectivity index (χ1) is 11.5. The molecular weight excluding hydrogens is 324 g/mol. The molecule has 122 valence electrons. The lowest BCUT2D eigenvalue weighted by molar-refractivity contribution is -0.115. The van der Waals surface area contributed by atoms with Gasteiger partial charge in [0.05, 0.1) is 11.1 Å². The highest BCUT2D eigenvalue weighted by atomic mass is 35.5. The molecule has 24 heavy (non-hydrogen) atoms. The highest BCUT2D eigenvalue weighted by Crippen LogP contribution is 2.21. The summed E-state index contributed by atoms with van der Waals surface area (Å²) in [6.07, 6.45) is 1.86. The Bertz CT molecular complexity index is 824. The van der Waals surface area contributed by atoms with Crippen molar-refractivity contribution in [1.29, 1.82) is 0 Å². The number of rotatable bonds is 4. The maximum atomic E-state index is 12.1. The summed E-state index contributed by atoms with van der Waals surface area (Å²) in [4.78, 5) is 16.5. The number of amides is 1. The summed E-state index contributed by atoms with van der Waals surface area (Å²) >= 11 is 6.15. The fourth-order valence-corrected chi connectivity index (χ4v) is 2.55. The van der Waals surface area contributed by atoms with Crippen molar-refractivity contribution in [3.05, 3.63) is 70.4 Å². The van der Waals surface area contributed by atoms with Crippen LogP contribution in [0.25, 0.3) is 6.08 Å². The molecule has 0 fully saturated rings. The summed E-state index contributed by atoms with van der Waals surface area (Å²) in [5, 5.41) is 3.30. The Labute approximate surface area is 145 Å². The van der Waals surface area contributed by atoms with Gasteiger partial charge in [-0.05, 0) is 49.8 Å². The second kappa shape index (κ2) is 6.89. The Balaban J connectivity index is 1.85. The van der Waals surface area contributed by atoms with Crippen LogP contribution < -0.4 is 10.1 Å². The molecule has 0 saturated heterocycles. The minimum absolute atomic E-state index is 0.123. The number of hydrogen-bond donors (Lipinski definition) is 1. The van der Waals surface area contributed by atoms with E-state index >= 15 is 0 Å². The standard InChI is InChI=1S/C19H17ClN2O2/c1-12(2)24-14-9-7-13(8-10-14)11-17-19(23)22-18(21-17)15-5-3-4-6-16(15)20/h3-12H,1-2H3,(H,21,22,23). The maximum absolute atomic E-state index is 12.1. The van der Waals surface area contributed by atoms with Gasteiger partial charge in [0.1, 0.15) is 17.3 Å². The minimum Gasteiger partial charge on any atom is -0.491 e. The molecule has 1 aliphatic heterocycles. The highest BCUT2D eigenvalue weighted by Gasteiger charge is 2.22. The van der Waals surface area contributed by atoms with Gasteiger partial charge in [0, 0.05) is 5.56 Å². The number of nitrogens with one attached hydrogen (secondary N) is 1. The number of ether oxygens (including phenoxy) is 1. The molecule has 1 N–H and O–H groups in total. The molecule has 0 radical (unpaired) electrons. The van der Waals surface area contributed by atoms with Gasteiger partial charge in [-0.3, -0.25) is 4.79 Å². The van der Waals surface area contributed by atoms with Crippen molar-refractivity contribution in [1.82, 2.24) is 5.32 Å². The van der Waals surface area contributed by atoms with Gasteiger partial charge < -0.3 is 10.1 Å². The highest BCUT2D eigenvalue weighted by molar-refractivity contribution is 6.35. The first-order valence-electron chi connectivity index (χ1n) is 7.66. The van der Waals surface area contributed by atoms with Crippen LogP contribution in [-0.4, -0.2) is 17.8 Å². The lowest BCUT2D eigenvalue weighted by Crippen LogP contribution is -2.24. The molecule has 0 atom stereocenters. The Morgan fingerprint density at radius 3 is 2.50 bits per heavy atom. The van der Waals surface area contributed by atoms with Gasteiger partial charge in [-0.25, -0.2) is 4.99 Å². The normalized spacial score (nSPS) is 15.6. The zero-order chi connectivity index (χ0) is 17.1. The van der Waals surface area contributed by atoms with E-state index in [1.165, 1.54) is 0 Å². The molecule has 1 aliphatic rings. The first-order valence-corrected chi connectivity index (χ1v) is 8.04. The van der Waals surface area contributed by atoms with E-state index in [0.717, 1.165) is 11.3 Å². The fraction of sp³-hybridized carbons (Fsp3) is 0.158. The van der Waals surface area contributed by atoms with Crippen LogP contribution in [0.5, 0.6) is 5.75 Å². The second-order valence-corrected chi connectivity index (χ2v) is 6.07. The summed E-state index contributed by atoms with van der Waals surface area (Å²) in [7, 11) is 0. The molecule has 0 spiro atoms. The van der Waals surface area contributed by atoms with Gasteiger partial charge in [-0.1, -0.05) is 35.9 Å². The molecule has 4 nitrogen and oxygen atoms in total. The third-order valence-electron chi connectivity index (χ3n) is 3.38. The molecule has 1 amide bonds. The van der Waals surface area contributed by atoms with Crippen LogP contribution in [0.4, 0.5) is 0 Å². The molecule has 2 aromatic rings. The van der Waals surface area contributed by atoms with Crippen LogP contribution >= 0.6 is 11.6 Å². The quantitative estimate of drug-likeness (QED) is 0.854. The van der Waals surface area contributed by atoms with E-state index in [4.69, 9.17) is 16.3 Å². The second-order valence-electron chi connectivity index (χ2n) is 5.66. The minimum atomic E-state index is -0.243. The number of carbonyl (C=O) groups excluding carboxylic acids is 1. The molecule has 0 bridgehead atoms. The predicted octanol–water partition coefficient (Wildman–Crippen LogP) is 4.04. The van der Waals surface area contributed by atoms with Crippen molar-refractivity contribution in [3.8, 4) is 5.75 Å². The number of amidine groups is 1. The van der Waals surface area contributed by atoms with E-state index in [-0.39, 0.29) is 12.0 Å². The van der Waals surface area contributed by atoms with E-state index in [0.29, 0.717) is 22.1 Å². The van der Waals surface area contributed by atoms with Crippen molar-refractivity contribution >= 4 is 29.4 Å². The molecule has 5 heteroatoms. The van der Waals surface area contributed by atoms with Crippen molar-refractivity contribution < 1.29 is 9.53 Å². The zero-order valence-electron chi connectivity index (χ0n) is 13.4. The van der Waals surface area contributed by atoms with Gasteiger partial charge in [0.2, 0.25) is 0 Å². The molecule has 2 aromatic carbocycles. The van der Waals surface area contributed by atoms with Crippen LogP contribution in [0.3, 0.4) is 0 Å². The summed E-state index contributed by atoms with van der Waals surface area (Å²) in [6.45, 7) is 3.95. The Hall–Kier alpha value is -2.59. The average molecular weight is 341 g/mol. The van der Waals surface area contributed by atoms with E-state index in [1.807, 2.05) is 56.3 Å². The van der Waals surface area contributed by atoms with Crippen LogP contribution in [-0.2, 0) is 4.79 Å². The summed E-state index contributed by atoms with van der Waals surface area (Å²) < 4.78 is 5.61. The number of aliphatic imine (C=N–C) groups is 1. The van der Waals surface area contributed by atoms with E-state index in [1.54, 1.807) is 12.1 Å². The van der Waals surface area contributed by atoms with Gasteiger partial charge in [0.15, 0.2) is 0 Å². The number of carbonyl (C=O) groups is 1. The van der Waals surface area contributed by atoms with Gasteiger partial charge in [-0.15, -0.1) is 0 Å². The summed E-state index contributed by atoms with van der Waals surface area (Å²) in [5.41, 5.74) is 1.93. The maximum Gasteiger partial charge on any atom is 0.275 e. The Morgan fingerprint density at radius 1 is 1.12 bits per heavy atom. The van der Waals surface area contributed by atoms with Crippen LogP contribution in [0.2, 0.25) is 5.02 Å². The predicted molar refractivity (Wildman–Crippen MR) is 96.3 cm³/mol. The fourth-order valence-electron chi connectivity index (χ4n) is 2.32. The molecule has 0 aliphatic carbocycles. The molecular formula is C19H17ClN2O2. The van der Waals surface area contributed by atoms with Crippen molar-refractivity contribution in [3.63, 3.8) is 0 Å². The zero-order valence-corrected chi connectivity index (χ0v) is 14.2. The number of hydrogen-bond acceptors (Lipinski definition) is 3. The lowest BCUT2D eigenvalue weighted by Gasteiger charge is -2.09. The van der Waals surface area contributed by atoms with Gasteiger partial charge in [0.25, 0.3) is 5.91 Å².